The number of carbonyl (C=O) groups excluding carboxylic acids is 1. The molecule has 0 saturated carbocycles. The van der Waals surface area contributed by atoms with Crippen molar-refractivity contribution in [3.8, 4) is 11.3 Å². The summed E-state index contributed by atoms with van der Waals surface area (Å²) in [5.74, 6) is -0.106. The molecule has 2 heterocycles. The number of pyridine rings is 1. The lowest BCUT2D eigenvalue weighted by Crippen LogP contribution is -2.26. The van der Waals surface area contributed by atoms with Gasteiger partial charge < -0.3 is 5.32 Å². The largest absolute Gasteiger partial charge is 0.345 e. The van der Waals surface area contributed by atoms with E-state index in [9.17, 15) is 4.79 Å². The molecule has 4 nitrogen and oxygen atoms in total. The lowest BCUT2D eigenvalue weighted by Gasteiger charge is -2.13. The summed E-state index contributed by atoms with van der Waals surface area (Å²) < 4.78 is 0. The maximum atomic E-state index is 12.7. The van der Waals surface area contributed by atoms with E-state index in [1.54, 1.807) is 12.4 Å². The average Bonchev–Trinajstić information content (AvgIpc) is 2.98. The Kier molecular flexibility index (Phi) is 4.48. The van der Waals surface area contributed by atoms with Crippen molar-refractivity contribution in [1.82, 2.24) is 15.3 Å². The van der Waals surface area contributed by atoms with Gasteiger partial charge in [0.15, 0.2) is 0 Å². The first-order valence-corrected chi connectivity index (χ1v) is 8.20. The lowest BCUT2D eigenvalue weighted by atomic mass is 10.1. The first-order valence-electron chi connectivity index (χ1n) is 7.39. The van der Waals surface area contributed by atoms with Gasteiger partial charge in [0.05, 0.1) is 16.7 Å². The molecule has 3 aromatic rings. The van der Waals surface area contributed by atoms with E-state index in [-0.39, 0.29) is 11.9 Å². The number of hydrogen-bond acceptors (Lipinski definition) is 4. The monoisotopic (exact) mass is 323 g/mol. The number of aromatic nitrogens is 2. The highest BCUT2D eigenvalue weighted by Gasteiger charge is 2.20. The SMILES string of the molecule is Cc1nc(-c2ccccc2)c(C(=O)NC(C)c2cccnc2)s1. The van der Waals surface area contributed by atoms with Gasteiger partial charge in [-0.15, -0.1) is 11.3 Å². The van der Waals surface area contributed by atoms with Crippen molar-refractivity contribution in [3.05, 3.63) is 70.3 Å². The lowest BCUT2D eigenvalue weighted by molar-refractivity contribution is 0.0944. The summed E-state index contributed by atoms with van der Waals surface area (Å²) in [6, 6.07) is 13.5. The summed E-state index contributed by atoms with van der Waals surface area (Å²) in [6.07, 6.45) is 3.49. The van der Waals surface area contributed by atoms with E-state index in [4.69, 9.17) is 0 Å². The Morgan fingerprint density at radius 1 is 1.17 bits per heavy atom. The molecule has 0 aliphatic rings. The van der Waals surface area contributed by atoms with Crippen molar-refractivity contribution in [1.29, 1.82) is 0 Å². The number of rotatable bonds is 4. The van der Waals surface area contributed by atoms with Gasteiger partial charge >= 0.3 is 0 Å². The van der Waals surface area contributed by atoms with Crippen molar-refractivity contribution in [2.45, 2.75) is 19.9 Å². The third kappa shape index (κ3) is 3.46. The summed E-state index contributed by atoms with van der Waals surface area (Å²) in [5.41, 5.74) is 2.67. The second-order valence-corrected chi connectivity index (χ2v) is 6.46. The Hall–Kier alpha value is -2.53. The maximum Gasteiger partial charge on any atom is 0.264 e. The van der Waals surface area contributed by atoms with Crippen LogP contribution in [0.4, 0.5) is 0 Å². The molecule has 0 spiro atoms. The number of carbonyl (C=O) groups is 1. The number of amides is 1. The van der Waals surface area contributed by atoms with Gasteiger partial charge in [-0.1, -0.05) is 36.4 Å². The van der Waals surface area contributed by atoms with Gasteiger partial charge in [0.2, 0.25) is 0 Å². The van der Waals surface area contributed by atoms with Crippen molar-refractivity contribution in [2.24, 2.45) is 0 Å². The molecule has 1 N–H and O–H groups in total. The van der Waals surface area contributed by atoms with Crippen LogP contribution in [0.1, 0.15) is 33.2 Å². The second kappa shape index (κ2) is 6.71. The van der Waals surface area contributed by atoms with E-state index in [0.717, 1.165) is 21.8 Å². The van der Waals surface area contributed by atoms with Gasteiger partial charge in [-0.2, -0.15) is 0 Å². The van der Waals surface area contributed by atoms with E-state index in [0.29, 0.717) is 4.88 Å². The fourth-order valence-corrected chi connectivity index (χ4v) is 3.19. The Balaban J connectivity index is 1.86. The summed E-state index contributed by atoms with van der Waals surface area (Å²) in [7, 11) is 0. The van der Waals surface area contributed by atoms with Crippen molar-refractivity contribution in [3.63, 3.8) is 0 Å². The summed E-state index contributed by atoms with van der Waals surface area (Å²) in [6.45, 7) is 3.86. The van der Waals surface area contributed by atoms with Crippen LogP contribution in [-0.4, -0.2) is 15.9 Å². The van der Waals surface area contributed by atoms with Gasteiger partial charge in [-0.25, -0.2) is 4.98 Å². The highest BCUT2D eigenvalue weighted by molar-refractivity contribution is 7.14. The maximum absolute atomic E-state index is 12.7. The molecule has 0 aliphatic heterocycles. The molecule has 0 saturated heterocycles. The molecule has 0 radical (unpaired) electrons. The molecule has 1 atom stereocenters. The number of nitrogens with one attached hydrogen (secondary N) is 1. The number of aryl methyl sites for hydroxylation is 1. The minimum atomic E-state index is -0.109. The van der Waals surface area contributed by atoms with Gasteiger partial charge in [-0.3, -0.25) is 9.78 Å². The fraction of sp³-hybridized carbons (Fsp3) is 0.167. The predicted octanol–water partition coefficient (Wildman–Crippen LogP) is 4.00. The second-order valence-electron chi connectivity index (χ2n) is 5.26. The Morgan fingerprint density at radius 2 is 1.96 bits per heavy atom. The standard InChI is InChI=1S/C18H17N3OS/c1-12(15-9-6-10-19-11-15)20-18(22)17-16(21-13(2)23-17)14-7-4-3-5-8-14/h3-12H,1-2H3,(H,20,22). The molecule has 116 valence electrons. The van der Waals surface area contributed by atoms with Crippen LogP contribution in [0.15, 0.2) is 54.9 Å². The van der Waals surface area contributed by atoms with Gasteiger partial charge in [0.25, 0.3) is 5.91 Å². The van der Waals surface area contributed by atoms with Crippen LogP contribution in [0.3, 0.4) is 0 Å². The van der Waals surface area contributed by atoms with Crippen LogP contribution in [-0.2, 0) is 0 Å². The minimum absolute atomic E-state index is 0.106. The molecular formula is C18H17N3OS. The predicted molar refractivity (Wildman–Crippen MR) is 92.4 cm³/mol. The van der Waals surface area contributed by atoms with Crippen molar-refractivity contribution >= 4 is 17.2 Å². The molecule has 0 fully saturated rings. The number of benzene rings is 1. The molecule has 0 bridgehead atoms. The molecular weight excluding hydrogens is 306 g/mol. The van der Waals surface area contributed by atoms with Crippen LogP contribution in [0.25, 0.3) is 11.3 Å². The fourth-order valence-electron chi connectivity index (χ4n) is 2.35. The number of thiazole rings is 1. The van der Waals surface area contributed by atoms with Gasteiger partial charge in [0.1, 0.15) is 4.88 Å². The molecule has 1 unspecified atom stereocenters. The van der Waals surface area contributed by atoms with E-state index in [2.05, 4.69) is 15.3 Å². The first-order chi connectivity index (χ1) is 11.1. The van der Waals surface area contributed by atoms with Crippen molar-refractivity contribution in [2.75, 3.05) is 0 Å². The van der Waals surface area contributed by atoms with E-state index < -0.39 is 0 Å². The van der Waals surface area contributed by atoms with Crippen LogP contribution >= 0.6 is 11.3 Å². The first kappa shape index (κ1) is 15.4. The third-order valence-corrected chi connectivity index (χ3v) is 4.49. The van der Waals surface area contributed by atoms with Crippen molar-refractivity contribution < 1.29 is 4.79 Å². The molecule has 5 heteroatoms. The number of hydrogen-bond donors (Lipinski definition) is 1. The minimum Gasteiger partial charge on any atom is -0.345 e. The van der Waals surface area contributed by atoms with E-state index in [1.807, 2.05) is 56.3 Å². The van der Waals surface area contributed by atoms with Crippen LogP contribution < -0.4 is 5.32 Å². The normalized spacial score (nSPS) is 11.9. The molecule has 1 aromatic carbocycles. The highest BCUT2D eigenvalue weighted by Crippen LogP contribution is 2.28. The molecule has 2 aromatic heterocycles. The quantitative estimate of drug-likeness (QED) is 0.789. The van der Waals surface area contributed by atoms with Crippen LogP contribution in [0.2, 0.25) is 0 Å². The summed E-state index contributed by atoms with van der Waals surface area (Å²) in [4.78, 5) is 21.9. The Bertz CT molecular complexity index is 800. The smallest absolute Gasteiger partial charge is 0.264 e. The number of nitrogens with zero attached hydrogens (tertiary/aromatic N) is 2. The Labute approximate surface area is 139 Å². The summed E-state index contributed by atoms with van der Waals surface area (Å²) in [5, 5.41) is 3.91. The van der Waals surface area contributed by atoms with E-state index >= 15 is 0 Å². The highest BCUT2D eigenvalue weighted by atomic mass is 32.1. The average molecular weight is 323 g/mol. The van der Waals surface area contributed by atoms with Crippen LogP contribution in [0, 0.1) is 6.92 Å². The van der Waals surface area contributed by atoms with E-state index in [1.165, 1.54) is 11.3 Å². The molecule has 3 rings (SSSR count). The Morgan fingerprint density at radius 3 is 2.65 bits per heavy atom. The molecule has 23 heavy (non-hydrogen) atoms. The third-order valence-electron chi connectivity index (χ3n) is 3.52. The van der Waals surface area contributed by atoms with Gasteiger partial charge in [0, 0.05) is 18.0 Å². The van der Waals surface area contributed by atoms with Gasteiger partial charge in [-0.05, 0) is 25.5 Å². The zero-order chi connectivity index (χ0) is 16.2. The molecule has 0 aliphatic carbocycles. The zero-order valence-electron chi connectivity index (χ0n) is 13.0. The molecule has 1 amide bonds. The topological polar surface area (TPSA) is 54.9 Å². The summed E-state index contributed by atoms with van der Waals surface area (Å²) >= 11 is 1.42. The zero-order valence-corrected chi connectivity index (χ0v) is 13.8. The van der Waals surface area contributed by atoms with Crippen LogP contribution in [0.5, 0.6) is 0 Å².